The molecule has 1 unspecified atom stereocenters. The Morgan fingerprint density at radius 1 is 1.32 bits per heavy atom. The predicted octanol–water partition coefficient (Wildman–Crippen LogP) is 1.82. The quantitative estimate of drug-likeness (QED) is 0.866. The van der Waals surface area contributed by atoms with Crippen LogP contribution in [-0.4, -0.2) is 26.1 Å². The summed E-state index contributed by atoms with van der Waals surface area (Å²) >= 11 is 0. The van der Waals surface area contributed by atoms with Gasteiger partial charge < -0.3 is 15.4 Å². The number of rotatable bonds is 4. The number of likely N-dealkylation sites (N-methyl/N-ethyl adjacent to an activating group) is 1. The van der Waals surface area contributed by atoms with Gasteiger partial charge in [-0.3, -0.25) is 4.79 Å². The van der Waals surface area contributed by atoms with Gasteiger partial charge in [0, 0.05) is 12.6 Å². The molecule has 100 valence electrons. The van der Waals surface area contributed by atoms with Crippen LogP contribution in [0.5, 0.6) is 0 Å². The van der Waals surface area contributed by atoms with Crippen molar-refractivity contribution in [1.82, 2.24) is 10.6 Å². The molecule has 1 aromatic carbocycles. The van der Waals surface area contributed by atoms with E-state index in [-0.39, 0.29) is 11.9 Å². The molecular formula is C15H18N2O2. The molecule has 0 saturated carbocycles. The number of carbonyl (C=O) groups excluding carboxylic acids is 1. The fraction of sp³-hybridized carbons (Fsp3) is 0.267. The number of nitrogens with one attached hydrogen (secondary N) is 2. The number of methoxy groups -OCH3 is 1. The molecule has 19 heavy (non-hydrogen) atoms. The van der Waals surface area contributed by atoms with E-state index >= 15 is 0 Å². The van der Waals surface area contributed by atoms with Gasteiger partial charge in [0.2, 0.25) is 0 Å². The SMILES string of the molecule is CNC1=CCC(NC(=O)c2ccccc2)C=C1OC. The number of benzene rings is 1. The molecule has 0 heterocycles. The molecule has 0 saturated heterocycles. The van der Waals surface area contributed by atoms with Gasteiger partial charge in [-0.05, 0) is 24.6 Å². The number of carbonyl (C=O) groups is 1. The zero-order valence-electron chi connectivity index (χ0n) is 11.1. The molecule has 0 fully saturated rings. The highest BCUT2D eigenvalue weighted by molar-refractivity contribution is 5.94. The van der Waals surface area contributed by atoms with Gasteiger partial charge in [0.25, 0.3) is 5.91 Å². The minimum atomic E-state index is -0.0707. The first-order chi connectivity index (χ1) is 9.24. The standard InChI is InChI=1S/C15H18N2O2/c1-16-13-9-8-12(10-14(13)19-2)17-15(18)11-6-4-3-5-7-11/h3-7,9-10,12,16H,8H2,1-2H3,(H,17,18). The molecule has 0 bridgehead atoms. The number of amides is 1. The van der Waals surface area contributed by atoms with E-state index in [1.807, 2.05) is 37.4 Å². The first kappa shape index (κ1) is 13.2. The first-order valence-corrected chi connectivity index (χ1v) is 6.24. The number of hydrogen-bond acceptors (Lipinski definition) is 3. The molecule has 4 heteroatoms. The molecular weight excluding hydrogens is 240 g/mol. The highest BCUT2D eigenvalue weighted by Crippen LogP contribution is 2.17. The zero-order valence-corrected chi connectivity index (χ0v) is 11.1. The summed E-state index contributed by atoms with van der Waals surface area (Å²) in [7, 11) is 3.47. The van der Waals surface area contributed by atoms with E-state index in [0.29, 0.717) is 5.56 Å². The van der Waals surface area contributed by atoms with Crippen molar-refractivity contribution < 1.29 is 9.53 Å². The minimum absolute atomic E-state index is 0.0419. The Hall–Kier alpha value is -2.23. The Morgan fingerprint density at radius 3 is 2.68 bits per heavy atom. The molecule has 1 amide bonds. The van der Waals surface area contributed by atoms with Crippen LogP contribution in [0.1, 0.15) is 16.8 Å². The Morgan fingerprint density at radius 2 is 2.05 bits per heavy atom. The topological polar surface area (TPSA) is 50.4 Å². The van der Waals surface area contributed by atoms with E-state index < -0.39 is 0 Å². The third-order valence-electron chi connectivity index (χ3n) is 3.04. The molecule has 4 nitrogen and oxygen atoms in total. The van der Waals surface area contributed by atoms with Crippen molar-refractivity contribution in [1.29, 1.82) is 0 Å². The van der Waals surface area contributed by atoms with Gasteiger partial charge in [-0.1, -0.05) is 24.3 Å². The van der Waals surface area contributed by atoms with E-state index in [0.717, 1.165) is 17.9 Å². The second-order valence-electron chi connectivity index (χ2n) is 4.28. The van der Waals surface area contributed by atoms with Crippen LogP contribution < -0.4 is 10.6 Å². The Kier molecular flexibility index (Phi) is 4.23. The Labute approximate surface area is 113 Å². The number of ether oxygens (including phenoxy) is 1. The van der Waals surface area contributed by atoms with Gasteiger partial charge >= 0.3 is 0 Å². The van der Waals surface area contributed by atoms with E-state index in [1.54, 1.807) is 19.2 Å². The highest BCUT2D eigenvalue weighted by Gasteiger charge is 2.17. The third kappa shape index (κ3) is 3.16. The second kappa shape index (κ2) is 6.09. The molecule has 1 aromatic rings. The maximum absolute atomic E-state index is 12.0. The average molecular weight is 258 g/mol. The van der Waals surface area contributed by atoms with Crippen LogP contribution >= 0.6 is 0 Å². The number of hydrogen-bond donors (Lipinski definition) is 2. The lowest BCUT2D eigenvalue weighted by Crippen LogP contribution is -2.35. The van der Waals surface area contributed by atoms with Crippen LogP contribution in [0.3, 0.4) is 0 Å². The maximum Gasteiger partial charge on any atom is 0.251 e. The summed E-state index contributed by atoms with van der Waals surface area (Å²) in [5, 5.41) is 6.04. The fourth-order valence-electron chi connectivity index (χ4n) is 2.03. The van der Waals surface area contributed by atoms with E-state index in [2.05, 4.69) is 10.6 Å². The molecule has 2 N–H and O–H groups in total. The van der Waals surface area contributed by atoms with Gasteiger partial charge in [-0.25, -0.2) is 0 Å². The molecule has 2 rings (SSSR count). The molecule has 1 aliphatic carbocycles. The van der Waals surface area contributed by atoms with Crippen molar-refractivity contribution in [2.75, 3.05) is 14.2 Å². The zero-order chi connectivity index (χ0) is 13.7. The first-order valence-electron chi connectivity index (χ1n) is 6.24. The molecule has 1 atom stereocenters. The summed E-state index contributed by atoms with van der Waals surface area (Å²) in [6.07, 6.45) is 4.70. The van der Waals surface area contributed by atoms with Gasteiger partial charge in [0.15, 0.2) is 0 Å². The molecule has 0 spiro atoms. The summed E-state index contributed by atoms with van der Waals surface area (Å²) in [6.45, 7) is 0. The van der Waals surface area contributed by atoms with Crippen LogP contribution in [0.15, 0.2) is 53.9 Å². The van der Waals surface area contributed by atoms with Crippen LogP contribution in [0, 0.1) is 0 Å². The van der Waals surface area contributed by atoms with Gasteiger partial charge in [-0.15, -0.1) is 0 Å². The van der Waals surface area contributed by atoms with Crippen molar-refractivity contribution in [2.24, 2.45) is 0 Å². The lowest BCUT2D eigenvalue weighted by atomic mass is 10.0. The molecule has 0 radical (unpaired) electrons. The smallest absolute Gasteiger partial charge is 0.251 e. The predicted molar refractivity (Wildman–Crippen MR) is 74.5 cm³/mol. The average Bonchev–Trinajstić information content (AvgIpc) is 2.48. The summed E-state index contributed by atoms with van der Waals surface area (Å²) in [4.78, 5) is 12.0. The van der Waals surface area contributed by atoms with Gasteiger partial charge in [0.1, 0.15) is 5.76 Å². The minimum Gasteiger partial charge on any atom is -0.495 e. The Bertz CT molecular complexity index is 506. The van der Waals surface area contributed by atoms with Gasteiger partial charge in [0.05, 0.1) is 18.8 Å². The van der Waals surface area contributed by atoms with Crippen molar-refractivity contribution >= 4 is 5.91 Å². The fourth-order valence-corrected chi connectivity index (χ4v) is 2.03. The molecule has 1 aliphatic rings. The summed E-state index contributed by atoms with van der Waals surface area (Å²) in [5.41, 5.74) is 1.62. The van der Waals surface area contributed by atoms with Crippen LogP contribution in [-0.2, 0) is 4.74 Å². The van der Waals surface area contributed by atoms with Crippen molar-refractivity contribution in [2.45, 2.75) is 12.5 Å². The van der Waals surface area contributed by atoms with Crippen LogP contribution in [0.25, 0.3) is 0 Å². The lowest BCUT2D eigenvalue weighted by molar-refractivity contribution is 0.0943. The van der Waals surface area contributed by atoms with Crippen molar-refractivity contribution in [3.63, 3.8) is 0 Å². The Balaban J connectivity index is 2.04. The van der Waals surface area contributed by atoms with Crippen molar-refractivity contribution in [3.8, 4) is 0 Å². The van der Waals surface area contributed by atoms with Crippen LogP contribution in [0.2, 0.25) is 0 Å². The second-order valence-corrected chi connectivity index (χ2v) is 4.28. The molecule has 0 aromatic heterocycles. The largest absolute Gasteiger partial charge is 0.495 e. The lowest BCUT2D eigenvalue weighted by Gasteiger charge is -2.21. The normalized spacial score (nSPS) is 18.1. The summed E-state index contributed by atoms with van der Waals surface area (Å²) < 4.78 is 5.29. The van der Waals surface area contributed by atoms with Crippen LogP contribution in [0.4, 0.5) is 0 Å². The van der Waals surface area contributed by atoms with E-state index in [9.17, 15) is 4.79 Å². The van der Waals surface area contributed by atoms with Crippen molar-refractivity contribution in [3.05, 3.63) is 59.5 Å². The summed E-state index contributed by atoms with van der Waals surface area (Å²) in [6, 6.07) is 9.15. The third-order valence-corrected chi connectivity index (χ3v) is 3.04. The van der Waals surface area contributed by atoms with E-state index in [4.69, 9.17) is 4.74 Å². The summed E-state index contributed by atoms with van der Waals surface area (Å²) in [5.74, 6) is 0.686. The molecule has 0 aliphatic heterocycles. The highest BCUT2D eigenvalue weighted by atomic mass is 16.5. The van der Waals surface area contributed by atoms with Gasteiger partial charge in [-0.2, -0.15) is 0 Å². The monoisotopic (exact) mass is 258 g/mol. The maximum atomic E-state index is 12.0. The van der Waals surface area contributed by atoms with E-state index in [1.165, 1.54) is 0 Å².